The van der Waals surface area contributed by atoms with Gasteiger partial charge in [0.1, 0.15) is 11.6 Å². The van der Waals surface area contributed by atoms with Crippen LogP contribution >= 0.6 is 0 Å². The number of aliphatic hydroxyl groups is 1. The zero-order valence-corrected chi connectivity index (χ0v) is 6.24. The third-order valence-electron chi connectivity index (χ3n) is 1.25. The molecule has 0 bridgehead atoms. The number of aliphatic carboxylic acids is 1. The van der Waals surface area contributed by atoms with Gasteiger partial charge >= 0.3 is 5.97 Å². The molecule has 0 aromatic rings. The molecule has 0 saturated carbocycles. The second-order valence-electron chi connectivity index (χ2n) is 2.57. The van der Waals surface area contributed by atoms with E-state index in [1.54, 1.807) is 0 Å². The summed E-state index contributed by atoms with van der Waals surface area (Å²) in [6.07, 6.45) is 4.77. The van der Waals surface area contributed by atoms with Crippen LogP contribution < -0.4 is 5.73 Å². The molecule has 0 heterocycles. The van der Waals surface area contributed by atoms with Gasteiger partial charge in [-0.15, -0.1) is 6.42 Å². The monoisotopic (exact) mass is 157 g/mol. The Morgan fingerprint density at radius 2 is 2.36 bits per heavy atom. The lowest BCUT2D eigenvalue weighted by molar-refractivity contribution is -0.139. The van der Waals surface area contributed by atoms with Crippen LogP contribution in [0.2, 0.25) is 0 Å². The molecule has 0 radical (unpaired) electrons. The zero-order valence-electron chi connectivity index (χ0n) is 6.24. The van der Waals surface area contributed by atoms with Gasteiger partial charge in [0.15, 0.2) is 0 Å². The van der Waals surface area contributed by atoms with Crippen molar-refractivity contribution in [2.75, 3.05) is 0 Å². The standard InChI is InChI=1S/C7H11NO3/c1-3-7(2,11)4-5(8)6(9)10/h1,5,11H,4,8H2,2H3,(H,9,10)/t5-,7-/m0/s1. The lowest BCUT2D eigenvalue weighted by Crippen LogP contribution is -2.38. The molecule has 4 heteroatoms. The van der Waals surface area contributed by atoms with Crippen LogP contribution in [-0.4, -0.2) is 27.8 Å². The van der Waals surface area contributed by atoms with Crippen LogP contribution in [0.25, 0.3) is 0 Å². The van der Waals surface area contributed by atoms with E-state index in [4.69, 9.17) is 22.4 Å². The van der Waals surface area contributed by atoms with Crippen molar-refractivity contribution >= 4 is 5.97 Å². The molecule has 11 heavy (non-hydrogen) atoms. The van der Waals surface area contributed by atoms with Crippen LogP contribution in [0.1, 0.15) is 13.3 Å². The van der Waals surface area contributed by atoms with E-state index >= 15 is 0 Å². The summed E-state index contributed by atoms with van der Waals surface area (Å²) in [5.74, 6) is 0.873. The third kappa shape index (κ3) is 3.61. The van der Waals surface area contributed by atoms with Gasteiger partial charge < -0.3 is 15.9 Å². The molecule has 0 fully saturated rings. The number of nitrogens with two attached hydrogens (primary N) is 1. The van der Waals surface area contributed by atoms with E-state index in [9.17, 15) is 4.79 Å². The van der Waals surface area contributed by atoms with Crippen molar-refractivity contribution in [3.63, 3.8) is 0 Å². The van der Waals surface area contributed by atoms with Gasteiger partial charge in [-0.05, 0) is 6.92 Å². The summed E-state index contributed by atoms with van der Waals surface area (Å²) in [5.41, 5.74) is 3.69. The fraction of sp³-hybridized carbons (Fsp3) is 0.571. The first-order valence-electron chi connectivity index (χ1n) is 3.07. The molecule has 62 valence electrons. The van der Waals surface area contributed by atoms with Crippen molar-refractivity contribution in [2.24, 2.45) is 5.73 Å². The second kappa shape index (κ2) is 3.37. The number of carboxylic acids is 1. The van der Waals surface area contributed by atoms with Crippen molar-refractivity contribution in [1.29, 1.82) is 0 Å². The lowest BCUT2D eigenvalue weighted by atomic mass is 9.99. The molecule has 0 amide bonds. The highest BCUT2D eigenvalue weighted by Gasteiger charge is 2.24. The molecule has 0 aromatic carbocycles. The first-order chi connectivity index (χ1) is 4.89. The molecule has 4 N–H and O–H groups in total. The highest BCUT2D eigenvalue weighted by atomic mass is 16.4. The summed E-state index contributed by atoms with van der Waals surface area (Å²) in [7, 11) is 0. The Morgan fingerprint density at radius 3 is 2.64 bits per heavy atom. The van der Waals surface area contributed by atoms with Gasteiger partial charge in [0.2, 0.25) is 0 Å². The maximum absolute atomic E-state index is 10.2. The van der Waals surface area contributed by atoms with Gasteiger partial charge in [0, 0.05) is 6.42 Å². The number of terminal acetylenes is 1. The second-order valence-corrected chi connectivity index (χ2v) is 2.57. The van der Waals surface area contributed by atoms with Gasteiger partial charge in [-0.25, -0.2) is 0 Å². The average Bonchev–Trinajstić information content (AvgIpc) is 1.87. The van der Waals surface area contributed by atoms with Crippen LogP contribution in [0.3, 0.4) is 0 Å². The molecule has 0 aliphatic carbocycles. The number of hydrogen-bond acceptors (Lipinski definition) is 3. The Balaban J connectivity index is 4.07. The van der Waals surface area contributed by atoms with Gasteiger partial charge in [0.25, 0.3) is 0 Å². The van der Waals surface area contributed by atoms with E-state index in [1.165, 1.54) is 6.92 Å². The maximum Gasteiger partial charge on any atom is 0.320 e. The smallest absolute Gasteiger partial charge is 0.320 e. The van der Waals surface area contributed by atoms with Crippen molar-refractivity contribution < 1.29 is 15.0 Å². The summed E-state index contributed by atoms with van der Waals surface area (Å²) < 4.78 is 0. The van der Waals surface area contributed by atoms with Crippen molar-refractivity contribution in [3.05, 3.63) is 0 Å². The summed E-state index contributed by atoms with van der Waals surface area (Å²) in [4.78, 5) is 10.2. The first-order valence-corrected chi connectivity index (χ1v) is 3.07. The van der Waals surface area contributed by atoms with Crippen LogP contribution in [0.4, 0.5) is 0 Å². The molecule has 0 rings (SSSR count). The van der Waals surface area contributed by atoms with E-state index in [0.717, 1.165) is 0 Å². The Morgan fingerprint density at radius 1 is 1.91 bits per heavy atom. The van der Waals surface area contributed by atoms with Gasteiger partial charge in [-0.1, -0.05) is 5.92 Å². The lowest BCUT2D eigenvalue weighted by Gasteiger charge is -2.17. The van der Waals surface area contributed by atoms with Crippen molar-refractivity contribution in [2.45, 2.75) is 25.0 Å². The Kier molecular flexibility index (Phi) is 3.05. The topological polar surface area (TPSA) is 83.5 Å². The normalized spacial score (nSPS) is 18.0. The molecule has 2 atom stereocenters. The summed E-state index contributed by atoms with van der Waals surface area (Å²) >= 11 is 0. The average molecular weight is 157 g/mol. The molecule has 0 aromatic heterocycles. The fourth-order valence-corrected chi connectivity index (χ4v) is 0.574. The minimum absolute atomic E-state index is 0.140. The number of rotatable bonds is 3. The van der Waals surface area contributed by atoms with Crippen LogP contribution in [0, 0.1) is 12.3 Å². The van der Waals surface area contributed by atoms with Crippen LogP contribution in [-0.2, 0) is 4.79 Å². The van der Waals surface area contributed by atoms with E-state index in [-0.39, 0.29) is 6.42 Å². The molecular weight excluding hydrogens is 146 g/mol. The highest BCUT2D eigenvalue weighted by molar-refractivity contribution is 5.73. The molecular formula is C7H11NO3. The molecule has 0 unspecified atom stereocenters. The molecule has 0 saturated heterocycles. The molecule has 0 aliphatic heterocycles. The van der Waals surface area contributed by atoms with E-state index in [0.29, 0.717) is 0 Å². The molecule has 0 aliphatic rings. The molecule has 0 spiro atoms. The fourth-order valence-electron chi connectivity index (χ4n) is 0.574. The third-order valence-corrected chi connectivity index (χ3v) is 1.25. The largest absolute Gasteiger partial charge is 0.480 e. The summed E-state index contributed by atoms with van der Waals surface area (Å²) in [6.45, 7) is 1.34. The minimum Gasteiger partial charge on any atom is -0.480 e. The Labute approximate surface area is 65.0 Å². The SMILES string of the molecule is C#C[C@](C)(O)C[C@H](N)C(=O)O. The predicted octanol–water partition coefficient (Wildman–Crippen LogP) is -0.827. The van der Waals surface area contributed by atoms with Crippen LogP contribution in [0.5, 0.6) is 0 Å². The van der Waals surface area contributed by atoms with E-state index in [2.05, 4.69) is 0 Å². The van der Waals surface area contributed by atoms with Gasteiger partial charge in [-0.2, -0.15) is 0 Å². The number of carbonyl (C=O) groups is 1. The predicted molar refractivity (Wildman–Crippen MR) is 39.7 cm³/mol. The van der Waals surface area contributed by atoms with Crippen LogP contribution in [0.15, 0.2) is 0 Å². The minimum atomic E-state index is -1.43. The van der Waals surface area contributed by atoms with E-state index in [1.807, 2.05) is 5.92 Å². The number of hydrogen-bond donors (Lipinski definition) is 3. The molecule has 4 nitrogen and oxygen atoms in total. The maximum atomic E-state index is 10.2. The first kappa shape index (κ1) is 9.95. The van der Waals surface area contributed by atoms with Gasteiger partial charge in [0.05, 0.1) is 0 Å². The quantitative estimate of drug-likeness (QED) is 0.467. The Bertz CT molecular complexity index is 192. The highest BCUT2D eigenvalue weighted by Crippen LogP contribution is 2.09. The zero-order chi connectivity index (χ0) is 9.07. The van der Waals surface area contributed by atoms with E-state index < -0.39 is 17.6 Å². The van der Waals surface area contributed by atoms with Crippen molar-refractivity contribution in [3.8, 4) is 12.3 Å². The van der Waals surface area contributed by atoms with Gasteiger partial charge in [-0.3, -0.25) is 4.79 Å². The Hall–Kier alpha value is -1.05. The summed E-state index contributed by atoms with van der Waals surface area (Å²) in [5, 5.41) is 17.5. The number of carboxylic acid groups (broad SMARTS) is 1. The van der Waals surface area contributed by atoms with Crippen molar-refractivity contribution in [1.82, 2.24) is 0 Å². The summed E-state index contributed by atoms with van der Waals surface area (Å²) in [6, 6.07) is -1.11.